The zero-order valence-corrected chi connectivity index (χ0v) is 13.4. The fourth-order valence-electron chi connectivity index (χ4n) is 2.05. The molecule has 2 aromatic carbocycles. The molecule has 21 heavy (non-hydrogen) atoms. The van der Waals surface area contributed by atoms with Crippen molar-refractivity contribution in [3.63, 3.8) is 0 Å². The molecule has 0 saturated heterocycles. The van der Waals surface area contributed by atoms with Gasteiger partial charge >= 0.3 is 0 Å². The lowest BCUT2D eigenvalue weighted by atomic mass is 10.0. The minimum atomic E-state index is 0.552. The lowest BCUT2D eigenvalue weighted by Gasteiger charge is -2.10. The van der Waals surface area contributed by atoms with Crippen molar-refractivity contribution in [2.45, 2.75) is 26.3 Å². The lowest BCUT2D eigenvalue weighted by molar-refractivity contribution is 0.313. The van der Waals surface area contributed by atoms with E-state index in [1.165, 1.54) is 5.56 Å². The molecule has 2 nitrogen and oxygen atoms in total. The number of hydrogen-bond donors (Lipinski definition) is 1. The quantitative estimate of drug-likeness (QED) is 0.753. The summed E-state index contributed by atoms with van der Waals surface area (Å²) in [6.45, 7) is 6.57. The Kier molecular flexibility index (Phi) is 6.09. The smallest absolute Gasteiger partial charge is 0.119 e. The number of benzene rings is 2. The zero-order chi connectivity index (χ0) is 15.1. The maximum atomic E-state index is 6.10. The normalized spacial score (nSPS) is 10.9. The van der Waals surface area contributed by atoms with Gasteiger partial charge < -0.3 is 10.1 Å². The molecular weight excluding hydrogens is 282 g/mol. The minimum Gasteiger partial charge on any atom is -0.492 e. The first-order valence-corrected chi connectivity index (χ1v) is 7.71. The number of ether oxygens (including phenoxy) is 1. The Balaban J connectivity index is 1.69. The van der Waals surface area contributed by atoms with Gasteiger partial charge in [0.25, 0.3) is 0 Å². The molecule has 1 N–H and O–H groups in total. The first-order valence-electron chi connectivity index (χ1n) is 7.33. The third kappa shape index (κ3) is 5.07. The van der Waals surface area contributed by atoms with Crippen LogP contribution in [0.2, 0.25) is 5.02 Å². The molecule has 0 unspecified atom stereocenters. The second-order valence-corrected chi connectivity index (χ2v) is 5.75. The Labute approximate surface area is 132 Å². The van der Waals surface area contributed by atoms with Gasteiger partial charge in [0.2, 0.25) is 0 Å². The monoisotopic (exact) mass is 303 g/mol. The van der Waals surface area contributed by atoms with E-state index in [2.05, 4.69) is 31.3 Å². The highest BCUT2D eigenvalue weighted by molar-refractivity contribution is 6.31. The Morgan fingerprint density at radius 1 is 1.05 bits per heavy atom. The van der Waals surface area contributed by atoms with Crippen molar-refractivity contribution >= 4 is 11.6 Å². The Morgan fingerprint density at radius 3 is 2.43 bits per heavy atom. The van der Waals surface area contributed by atoms with Gasteiger partial charge in [0.05, 0.1) is 0 Å². The van der Waals surface area contributed by atoms with Gasteiger partial charge in [-0.3, -0.25) is 0 Å². The Hall–Kier alpha value is -1.51. The van der Waals surface area contributed by atoms with E-state index in [1.807, 2.05) is 36.4 Å². The lowest BCUT2D eigenvalue weighted by Crippen LogP contribution is -2.20. The SMILES string of the molecule is CC(C)c1ccc(OCCNCc2ccccc2Cl)cc1. The van der Waals surface area contributed by atoms with E-state index in [-0.39, 0.29) is 0 Å². The molecule has 0 aliphatic rings. The molecule has 0 aliphatic carbocycles. The van der Waals surface area contributed by atoms with Gasteiger partial charge in [0.15, 0.2) is 0 Å². The van der Waals surface area contributed by atoms with Gasteiger partial charge in [-0.2, -0.15) is 0 Å². The molecule has 112 valence electrons. The van der Waals surface area contributed by atoms with Gasteiger partial charge in [-0.1, -0.05) is 55.8 Å². The largest absolute Gasteiger partial charge is 0.492 e. The van der Waals surface area contributed by atoms with E-state index in [1.54, 1.807) is 0 Å². The molecule has 2 rings (SSSR count). The van der Waals surface area contributed by atoms with E-state index in [0.717, 1.165) is 29.4 Å². The van der Waals surface area contributed by atoms with E-state index in [4.69, 9.17) is 16.3 Å². The van der Waals surface area contributed by atoms with Crippen LogP contribution >= 0.6 is 11.6 Å². The molecule has 0 saturated carbocycles. The number of nitrogens with one attached hydrogen (secondary N) is 1. The Bertz CT molecular complexity index is 551. The molecule has 0 atom stereocenters. The van der Waals surface area contributed by atoms with Crippen LogP contribution in [0.25, 0.3) is 0 Å². The van der Waals surface area contributed by atoms with Crippen LogP contribution in [0.3, 0.4) is 0 Å². The van der Waals surface area contributed by atoms with Crippen molar-refractivity contribution in [2.75, 3.05) is 13.2 Å². The summed E-state index contributed by atoms with van der Waals surface area (Å²) in [7, 11) is 0. The second-order valence-electron chi connectivity index (χ2n) is 5.34. The van der Waals surface area contributed by atoms with Crippen LogP contribution in [0.5, 0.6) is 5.75 Å². The van der Waals surface area contributed by atoms with E-state index in [0.29, 0.717) is 12.5 Å². The number of halogens is 1. The molecule has 0 heterocycles. The molecule has 0 radical (unpaired) electrons. The number of hydrogen-bond acceptors (Lipinski definition) is 2. The van der Waals surface area contributed by atoms with Crippen LogP contribution in [0.1, 0.15) is 30.9 Å². The van der Waals surface area contributed by atoms with Gasteiger partial charge in [0.1, 0.15) is 12.4 Å². The van der Waals surface area contributed by atoms with Crippen molar-refractivity contribution in [1.29, 1.82) is 0 Å². The van der Waals surface area contributed by atoms with Gasteiger partial charge in [0, 0.05) is 18.1 Å². The summed E-state index contributed by atoms with van der Waals surface area (Å²) in [4.78, 5) is 0. The Morgan fingerprint density at radius 2 is 1.76 bits per heavy atom. The van der Waals surface area contributed by atoms with Crippen molar-refractivity contribution < 1.29 is 4.74 Å². The summed E-state index contributed by atoms with van der Waals surface area (Å²) in [5.41, 5.74) is 2.44. The highest BCUT2D eigenvalue weighted by atomic mass is 35.5. The molecule has 0 spiro atoms. The third-order valence-corrected chi connectivity index (χ3v) is 3.74. The molecular formula is C18H22ClNO. The summed E-state index contributed by atoms with van der Waals surface area (Å²) in [6.07, 6.45) is 0. The van der Waals surface area contributed by atoms with Crippen LogP contribution in [-0.4, -0.2) is 13.2 Å². The molecule has 0 amide bonds. The second kappa shape index (κ2) is 8.06. The predicted octanol–water partition coefficient (Wildman–Crippen LogP) is 4.63. The first-order chi connectivity index (χ1) is 10.2. The maximum absolute atomic E-state index is 6.10. The summed E-state index contributed by atoms with van der Waals surface area (Å²) < 4.78 is 5.71. The average Bonchev–Trinajstić information content (AvgIpc) is 2.49. The van der Waals surface area contributed by atoms with E-state index < -0.39 is 0 Å². The highest BCUT2D eigenvalue weighted by Crippen LogP contribution is 2.18. The molecule has 0 aromatic heterocycles. The first kappa shape index (κ1) is 15.9. The molecule has 0 fully saturated rings. The van der Waals surface area contributed by atoms with Crippen LogP contribution in [-0.2, 0) is 6.54 Å². The van der Waals surface area contributed by atoms with Crippen LogP contribution < -0.4 is 10.1 Å². The predicted molar refractivity (Wildman–Crippen MR) is 89.2 cm³/mol. The standard InChI is InChI=1S/C18H22ClNO/c1-14(2)15-7-9-17(10-8-15)21-12-11-20-13-16-5-3-4-6-18(16)19/h3-10,14,20H,11-13H2,1-2H3. The molecule has 0 aliphatic heterocycles. The van der Waals surface area contributed by atoms with E-state index in [9.17, 15) is 0 Å². The van der Waals surface area contributed by atoms with Crippen molar-refractivity contribution in [3.8, 4) is 5.75 Å². The van der Waals surface area contributed by atoms with Crippen LogP contribution in [0.15, 0.2) is 48.5 Å². The molecule has 0 bridgehead atoms. The van der Waals surface area contributed by atoms with Crippen molar-refractivity contribution in [1.82, 2.24) is 5.32 Å². The van der Waals surface area contributed by atoms with Crippen LogP contribution in [0.4, 0.5) is 0 Å². The summed E-state index contributed by atoms with van der Waals surface area (Å²) >= 11 is 6.10. The van der Waals surface area contributed by atoms with Crippen molar-refractivity contribution in [2.24, 2.45) is 0 Å². The van der Waals surface area contributed by atoms with Crippen molar-refractivity contribution in [3.05, 3.63) is 64.7 Å². The van der Waals surface area contributed by atoms with Gasteiger partial charge in [-0.05, 0) is 35.2 Å². The molecule has 3 heteroatoms. The number of rotatable bonds is 7. The zero-order valence-electron chi connectivity index (χ0n) is 12.6. The third-order valence-electron chi connectivity index (χ3n) is 3.37. The van der Waals surface area contributed by atoms with Gasteiger partial charge in [-0.15, -0.1) is 0 Å². The highest BCUT2D eigenvalue weighted by Gasteiger charge is 2.00. The average molecular weight is 304 g/mol. The summed E-state index contributed by atoms with van der Waals surface area (Å²) in [6, 6.07) is 16.2. The summed E-state index contributed by atoms with van der Waals surface area (Å²) in [5.74, 6) is 1.47. The summed E-state index contributed by atoms with van der Waals surface area (Å²) in [5, 5.41) is 4.13. The topological polar surface area (TPSA) is 21.3 Å². The fraction of sp³-hybridized carbons (Fsp3) is 0.333. The van der Waals surface area contributed by atoms with Crippen LogP contribution in [0, 0.1) is 0 Å². The van der Waals surface area contributed by atoms with Gasteiger partial charge in [-0.25, -0.2) is 0 Å². The maximum Gasteiger partial charge on any atom is 0.119 e. The molecule has 2 aromatic rings. The van der Waals surface area contributed by atoms with E-state index >= 15 is 0 Å². The minimum absolute atomic E-state index is 0.552. The fourth-order valence-corrected chi connectivity index (χ4v) is 2.26.